The van der Waals surface area contributed by atoms with Gasteiger partial charge < -0.3 is 5.11 Å². The van der Waals surface area contributed by atoms with Crippen molar-refractivity contribution in [3.8, 4) is 0 Å². The van der Waals surface area contributed by atoms with Crippen molar-refractivity contribution >= 4 is 5.97 Å². The molecule has 0 aromatic rings. The van der Waals surface area contributed by atoms with Crippen molar-refractivity contribution in [2.45, 2.75) is 194 Å². The van der Waals surface area contributed by atoms with Crippen LogP contribution in [-0.4, -0.2) is 11.1 Å². The number of carboxylic acids is 1. The Bertz CT molecular complexity index is 419. The molecule has 0 radical (unpaired) electrons. The zero-order valence-corrected chi connectivity index (χ0v) is 23.9. The standard InChI is InChI=1S/C32H64O2/c1-4-7-9-11-21-25-29-32(6-3,28-24-10-8-5-2)30-26-22-19-17-15-13-12-14-16-18-20-23-27-31(33)34/h4-30H2,1-3H3,(H,33,34). The summed E-state index contributed by atoms with van der Waals surface area (Å²) >= 11 is 0. The lowest BCUT2D eigenvalue weighted by molar-refractivity contribution is -0.137. The third-order valence-corrected chi connectivity index (χ3v) is 8.22. The second-order valence-electron chi connectivity index (χ2n) is 11.3. The van der Waals surface area contributed by atoms with E-state index in [1.807, 2.05) is 0 Å². The Labute approximate surface area is 215 Å². The van der Waals surface area contributed by atoms with Gasteiger partial charge >= 0.3 is 5.97 Å². The van der Waals surface area contributed by atoms with Gasteiger partial charge in [-0.2, -0.15) is 0 Å². The monoisotopic (exact) mass is 480 g/mol. The second kappa shape index (κ2) is 25.6. The van der Waals surface area contributed by atoms with Gasteiger partial charge in [-0.3, -0.25) is 4.79 Å². The predicted octanol–water partition coefficient (Wildman–Crippen LogP) is 11.6. The molecule has 0 aliphatic carbocycles. The average molecular weight is 481 g/mol. The highest BCUT2D eigenvalue weighted by Gasteiger charge is 2.26. The first-order valence-electron chi connectivity index (χ1n) is 15.8. The fourth-order valence-electron chi connectivity index (χ4n) is 5.66. The summed E-state index contributed by atoms with van der Waals surface area (Å²) in [6.45, 7) is 7.12. The average Bonchev–Trinajstić information content (AvgIpc) is 2.83. The summed E-state index contributed by atoms with van der Waals surface area (Å²) in [5.74, 6) is -0.648. The highest BCUT2D eigenvalue weighted by atomic mass is 16.4. The third kappa shape index (κ3) is 22.0. The summed E-state index contributed by atoms with van der Waals surface area (Å²) in [7, 11) is 0. The van der Waals surface area contributed by atoms with E-state index in [9.17, 15) is 4.79 Å². The van der Waals surface area contributed by atoms with E-state index in [2.05, 4.69) is 20.8 Å². The number of carbonyl (C=O) groups is 1. The molecule has 0 bridgehead atoms. The molecule has 0 rings (SSSR count). The second-order valence-corrected chi connectivity index (χ2v) is 11.3. The highest BCUT2D eigenvalue weighted by molar-refractivity contribution is 5.66. The largest absolute Gasteiger partial charge is 0.481 e. The van der Waals surface area contributed by atoms with E-state index in [1.165, 1.54) is 154 Å². The van der Waals surface area contributed by atoms with E-state index in [-0.39, 0.29) is 0 Å². The molecule has 34 heavy (non-hydrogen) atoms. The van der Waals surface area contributed by atoms with Crippen molar-refractivity contribution in [1.29, 1.82) is 0 Å². The fraction of sp³-hybridized carbons (Fsp3) is 0.969. The molecular weight excluding hydrogens is 416 g/mol. The summed E-state index contributed by atoms with van der Waals surface area (Å²) in [6.07, 6.45) is 36.1. The quantitative estimate of drug-likeness (QED) is 0.113. The molecule has 0 aliphatic rings. The highest BCUT2D eigenvalue weighted by Crippen LogP contribution is 2.40. The van der Waals surface area contributed by atoms with Crippen LogP contribution in [0.2, 0.25) is 0 Å². The van der Waals surface area contributed by atoms with Crippen LogP contribution in [0.25, 0.3) is 0 Å². The van der Waals surface area contributed by atoms with E-state index in [0.717, 1.165) is 12.8 Å². The third-order valence-electron chi connectivity index (χ3n) is 8.22. The fourth-order valence-corrected chi connectivity index (χ4v) is 5.66. The first kappa shape index (κ1) is 33.5. The van der Waals surface area contributed by atoms with Gasteiger partial charge in [-0.05, 0) is 31.1 Å². The molecular formula is C32H64O2. The van der Waals surface area contributed by atoms with Crippen LogP contribution in [0.15, 0.2) is 0 Å². The molecule has 2 heteroatoms. The summed E-state index contributed by atoms with van der Waals surface area (Å²) < 4.78 is 0. The van der Waals surface area contributed by atoms with Crippen molar-refractivity contribution in [2.24, 2.45) is 5.41 Å². The zero-order valence-electron chi connectivity index (χ0n) is 23.9. The first-order valence-corrected chi connectivity index (χ1v) is 15.8. The molecule has 0 spiro atoms. The maximum absolute atomic E-state index is 10.5. The SMILES string of the molecule is CCCCCCCCC(CC)(CCCCCC)CCCCCCCCCCCCCCC(=O)O. The number of aliphatic carboxylic acids is 1. The molecule has 1 atom stereocenters. The lowest BCUT2D eigenvalue weighted by Crippen LogP contribution is -2.20. The van der Waals surface area contributed by atoms with Crippen LogP contribution in [-0.2, 0) is 4.79 Å². The number of rotatable bonds is 28. The van der Waals surface area contributed by atoms with Gasteiger partial charge in [0.25, 0.3) is 0 Å². The van der Waals surface area contributed by atoms with Gasteiger partial charge in [0.2, 0.25) is 0 Å². The van der Waals surface area contributed by atoms with E-state index in [4.69, 9.17) is 5.11 Å². The van der Waals surface area contributed by atoms with Gasteiger partial charge in [-0.15, -0.1) is 0 Å². The molecule has 0 amide bonds. The summed E-state index contributed by atoms with van der Waals surface area (Å²) in [6, 6.07) is 0. The number of hydrogen-bond acceptors (Lipinski definition) is 1. The summed E-state index contributed by atoms with van der Waals surface area (Å²) in [5, 5.41) is 8.66. The Kier molecular flexibility index (Phi) is 25.2. The van der Waals surface area contributed by atoms with Crippen LogP contribution in [0.4, 0.5) is 0 Å². The van der Waals surface area contributed by atoms with Crippen LogP contribution in [0.3, 0.4) is 0 Å². The van der Waals surface area contributed by atoms with Gasteiger partial charge in [-0.25, -0.2) is 0 Å². The Morgan fingerprint density at radius 1 is 0.471 bits per heavy atom. The van der Waals surface area contributed by atoms with Crippen LogP contribution >= 0.6 is 0 Å². The number of hydrogen-bond donors (Lipinski definition) is 1. The maximum atomic E-state index is 10.5. The molecule has 0 saturated heterocycles. The number of unbranched alkanes of at least 4 members (excludes halogenated alkanes) is 19. The Balaban J connectivity index is 3.90. The molecule has 2 nitrogen and oxygen atoms in total. The summed E-state index contributed by atoms with van der Waals surface area (Å²) in [4.78, 5) is 10.5. The van der Waals surface area contributed by atoms with Crippen LogP contribution < -0.4 is 0 Å². The van der Waals surface area contributed by atoms with Gasteiger partial charge in [0.15, 0.2) is 0 Å². The molecule has 1 N–H and O–H groups in total. The van der Waals surface area contributed by atoms with Gasteiger partial charge in [0.1, 0.15) is 0 Å². The van der Waals surface area contributed by atoms with Crippen molar-refractivity contribution in [3.05, 3.63) is 0 Å². The molecule has 0 heterocycles. The maximum Gasteiger partial charge on any atom is 0.303 e. The van der Waals surface area contributed by atoms with Crippen molar-refractivity contribution in [1.82, 2.24) is 0 Å². The molecule has 0 aromatic carbocycles. The molecule has 0 aromatic heterocycles. The van der Waals surface area contributed by atoms with Gasteiger partial charge in [-0.1, -0.05) is 162 Å². The number of carboxylic acid groups (broad SMARTS) is 1. The lowest BCUT2D eigenvalue weighted by Gasteiger charge is -2.34. The minimum Gasteiger partial charge on any atom is -0.481 e. The van der Waals surface area contributed by atoms with Gasteiger partial charge in [0, 0.05) is 6.42 Å². The normalized spacial score (nSPS) is 13.3. The van der Waals surface area contributed by atoms with Crippen LogP contribution in [0.5, 0.6) is 0 Å². The van der Waals surface area contributed by atoms with Crippen molar-refractivity contribution in [2.75, 3.05) is 0 Å². The van der Waals surface area contributed by atoms with Crippen molar-refractivity contribution in [3.63, 3.8) is 0 Å². The smallest absolute Gasteiger partial charge is 0.303 e. The molecule has 0 fully saturated rings. The summed E-state index contributed by atoms with van der Waals surface area (Å²) in [5.41, 5.74) is 0.642. The molecule has 0 aliphatic heterocycles. The topological polar surface area (TPSA) is 37.3 Å². The zero-order chi connectivity index (χ0) is 25.2. The predicted molar refractivity (Wildman–Crippen MR) is 152 cm³/mol. The van der Waals surface area contributed by atoms with E-state index >= 15 is 0 Å². The van der Waals surface area contributed by atoms with E-state index < -0.39 is 5.97 Å². The molecule has 204 valence electrons. The minimum atomic E-state index is -0.648. The minimum absolute atomic E-state index is 0.345. The van der Waals surface area contributed by atoms with E-state index in [0.29, 0.717) is 11.8 Å². The van der Waals surface area contributed by atoms with Crippen molar-refractivity contribution < 1.29 is 9.90 Å². The Morgan fingerprint density at radius 3 is 1.09 bits per heavy atom. The van der Waals surface area contributed by atoms with Crippen LogP contribution in [0, 0.1) is 5.41 Å². The van der Waals surface area contributed by atoms with E-state index in [1.54, 1.807) is 0 Å². The van der Waals surface area contributed by atoms with Crippen LogP contribution in [0.1, 0.15) is 194 Å². The lowest BCUT2D eigenvalue weighted by atomic mass is 9.72. The Hall–Kier alpha value is -0.530. The van der Waals surface area contributed by atoms with Gasteiger partial charge in [0.05, 0.1) is 0 Å². The molecule has 1 unspecified atom stereocenters. The Morgan fingerprint density at radius 2 is 0.765 bits per heavy atom. The first-order chi connectivity index (χ1) is 16.6. The molecule has 0 saturated carbocycles.